The van der Waals surface area contributed by atoms with Crippen LogP contribution >= 0.6 is 23.2 Å². The lowest BCUT2D eigenvalue weighted by atomic mass is 10.2. The Balaban J connectivity index is 2.42. The molecular formula is C14H11Cl2N3. The third-order valence-electron chi connectivity index (χ3n) is 3.05. The summed E-state index contributed by atoms with van der Waals surface area (Å²) in [5.41, 5.74) is 9.63. The predicted molar refractivity (Wildman–Crippen MR) is 80.2 cm³/mol. The number of halogens is 2. The molecule has 3 aromatic rings. The standard InChI is InChI=1S/C14H11Cl2N3/c1-8-3-2-4-11-13(8)19(14(17)18-11)12-7-9(15)5-6-10(12)16/h2-7H,1H3,(H2,17,18). The van der Waals surface area contributed by atoms with Gasteiger partial charge in [-0.2, -0.15) is 0 Å². The summed E-state index contributed by atoms with van der Waals surface area (Å²) in [6, 6.07) is 11.2. The average Bonchev–Trinajstić information content (AvgIpc) is 2.70. The molecule has 19 heavy (non-hydrogen) atoms. The number of nitrogen functional groups attached to an aromatic ring is 1. The van der Waals surface area contributed by atoms with Gasteiger partial charge in [0.05, 0.1) is 21.7 Å². The van der Waals surface area contributed by atoms with E-state index in [1.54, 1.807) is 18.2 Å². The quantitative estimate of drug-likeness (QED) is 0.729. The minimum atomic E-state index is 0.397. The molecule has 0 aliphatic carbocycles. The van der Waals surface area contributed by atoms with Gasteiger partial charge in [-0.1, -0.05) is 35.3 Å². The van der Waals surface area contributed by atoms with Crippen molar-refractivity contribution in [2.24, 2.45) is 0 Å². The highest BCUT2D eigenvalue weighted by Crippen LogP contribution is 2.31. The Hall–Kier alpha value is -1.71. The number of hydrogen-bond donors (Lipinski definition) is 1. The number of nitrogens with two attached hydrogens (primary N) is 1. The van der Waals surface area contributed by atoms with Crippen molar-refractivity contribution < 1.29 is 0 Å². The molecule has 0 aliphatic heterocycles. The number of anilines is 1. The third-order valence-corrected chi connectivity index (χ3v) is 3.61. The Morgan fingerprint density at radius 2 is 1.95 bits per heavy atom. The molecule has 0 fully saturated rings. The minimum Gasteiger partial charge on any atom is -0.369 e. The van der Waals surface area contributed by atoms with E-state index < -0.39 is 0 Å². The van der Waals surface area contributed by atoms with Gasteiger partial charge >= 0.3 is 0 Å². The maximum atomic E-state index is 6.25. The molecule has 0 aliphatic rings. The Kier molecular flexibility index (Phi) is 2.88. The Labute approximate surface area is 120 Å². The second-order valence-corrected chi connectivity index (χ2v) is 5.19. The lowest BCUT2D eigenvalue weighted by molar-refractivity contribution is 1.10. The Morgan fingerprint density at radius 1 is 1.16 bits per heavy atom. The van der Waals surface area contributed by atoms with Crippen LogP contribution in [0.5, 0.6) is 0 Å². The minimum absolute atomic E-state index is 0.397. The van der Waals surface area contributed by atoms with Crippen LogP contribution in [-0.2, 0) is 0 Å². The summed E-state index contributed by atoms with van der Waals surface area (Å²) in [6.07, 6.45) is 0. The first kappa shape index (κ1) is 12.3. The second kappa shape index (κ2) is 4.44. The summed E-state index contributed by atoms with van der Waals surface area (Å²) < 4.78 is 1.83. The molecule has 0 radical (unpaired) electrons. The molecule has 3 rings (SSSR count). The zero-order chi connectivity index (χ0) is 13.6. The molecule has 0 unspecified atom stereocenters. The third kappa shape index (κ3) is 1.95. The highest BCUT2D eigenvalue weighted by Gasteiger charge is 2.14. The van der Waals surface area contributed by atoms with Crippen LogP contribution in [0.2, 0.25) is 10.0 Å². The normalized spacial score (nSPS) is 11.1. The molecule has 5 heteroatoms. The molecule has 3 nitrogen and oxygen atoms in total. The highest BCUT2D eigenvalue weighted by molar-refractivity contribution is 6.34. The lowest BCUT2D eigenvalue weighted by Crippen LogP contribution is -2.02. The summed E-state index contributed by atoms with van der Waals surface area (Å²) in [5, 5.41) is 1.19. The average molecular weight is 292 g/mol. The van der Waals surface area contributed by atoms with Crippen molar-refractivity contribution in [3.05, 3.63) is 52.0 Å². The van der Waals surface area contributed by atoms with E-state index in [9.17, 15) is 0 Å². The zero-order valence-corrected chi connectivity index (χ0v) is 11.7. The monoisotopic (exact) mass is 291 g/mol. The van der Waals surface area contributed by atoms with Crippen molar-refractivity contribution in [1.29, 1.82) is 0 Å². The van der Waals surface area contributed by atoms with Gasteiger partial charge < -0.3 is 5.73 Å². The lowest BCUT2D eigenvalue weighted by Gasteiger charge is -2.10. The smallest absolute Gasteiger partial charge is 0.205 e. The van der Waals surface area contributed by atoms with Crippen LogP contribution in [-0.4, -0.2) is 9.55 Å². The Bertz CT molecular complexity index is 778. The molecule has 2 N–H and O–H groups in total. The summed E-state index contributed by atoms with van der Waals surface area (Å²) >= 11 is 12.3. The van der Waals surface area contributed by atoms with Gasteiger partial charge in [0, 0.05) is 5.02 Å². The predicted octanol–water partition coefficient (Wildman–Crippen LogP) is 4.22. The van der Waals surface area contributed by atoms with Crippen molar-refractivity contribution in [1.82, 2.24) is 9.55 Å². The van der Waals surface area contributed by atoms with Gasteiger partial charge in [-0.15, -0.1) is 0 Å². The first-order valence-corrected chi connectivity index (χ1v) is 6.52. The molecular weight excluding hydrogens is 281 g/mol. The largest absolute Gasteiger partial charge is 0.369 e. The van der Waals surface area contributed by atoms with Crippen LogP contribution in [0.15, 0.2) is 36.4 Å². The van der Waals surface area contributed by atoms with E-state index in [1.165, 1.54) is 0 Å². The topological polar surface area (TPSA) is 43.8 Å². The second-order valence-electron chi connectivity index (χ2n) is 4.34. The van der Waals surface area contributed by atoms with E-state index in [4.69, 9.17) is 28.9 Å². The summed E-state index contributed by atoms with van der Waals surface area (Å²) in [6.45, 7) is 2.01. The van der Waals surface area contributed by atoms with E-state index in [1.807, 2.05) is 29.7 Å². The molecule has 0 spiro atoms. The van der Waals surface area contributed by atoms with Gasteiger partial charge in [-0.05, 0) is 36.8 Å². The SMILES string of the molecule is Cc1cccc2nc(N)n(-c3cc(Cl)ccc3Cl)c12. The van der Waals surface area contributed by atoms with E-state index in [2.05, 4.69) is 4.98 Å². The van der Waals surface area contributed by atoms with Crippen molar-refractivity contribution >= 4 is 40.2 Å². The van der Waals surface area contributed by atoms with Crippen LogP contribution in [0.25, 0.3) is 16.7 Å². The number of nitrogens with zero attached hydrogens (tertiary/aromatic N) is 2. The molecule has 2 aromatic carbocycles. The molecule has 0 amide bonds. The summed E-state index contributed by atoms with van der Waals surface area (Å²) in [4.78, 5) is 4.36. The van der Waals surface area contributed by atoms with Gasteiger partial charge in [0.15, 0.2) is 0 Å². The molecule has 0 saturated carbocycles. The van der Waals surface area contributed by atoms with Crippen molar-refractivity contribution in [2.75, 3.05) is 5.73 Å². The van der Waals surface area contributed by atoms with Crippen molar-refractivity contribution in [2.45, 2.75) is 6.92 Å². The van der Waals surface area contributed by atoms with Gasteiger partial charge in [-0.25, -0.2) is 4.98 Å². The van der Waals surface area contributed by atoms with E-state index >= 15 is 0 Å². The summed E-state index contributed by atoms with van der Waals surface area (Å²) in [7, 11) is 0. The number of aryl methyl sites for hydroxylation is 1. The molecule has 0 atom stereocenters. The first-order chi connectivity index (χ1) is 9.08. The van der Waals surface area contributed by atoms with E-state index in [-0.39, 0.29) is 0 Å². The van der Waals surface area contributed by atoms with Crippen LogP contribution in [0.3, 0.4) is 0 Å². The van der Waals surface area contributed by atoms with Gasteiger partial charge in [0.25, 0.3) is 0 Å². The first-order valence-electron chi connectivity index (χ1n) is 5.77. The fraction of sp³-hybridized carbons (Fsp3) is 0.0714. The van der Waals surface area contributed by atoms with Gasteiger partial charge in [0.1, 0.15) is 0 Å². The number of rotatable bonds is 1. The number of fused-ring (bicyclic) bond motifs is 1. The fourth-order valence-electron chi connectivity index (χ4n) is 2.21. The number of para-hydroxylation sites is 1. The zero-order valence-electron chi connectivity index (χ0n) is 10.2. The molecule has 1 heterocycles. The molecule has 96 valence electrons. The molecule has 1 aromatic heterocycles. The van der Waals surface area contributed by atoms with Gasteiger partial charge in [0.2, 0.25) is 5.95 Å². The molecule has 0 bridgehead atoms. The molecule has 0 saturated heterocycles. The van der Waals surface area contributed by atoms with Gasteiger partial charge in [-0.3, -0.25) is 4.57 Å². The number of hydrogen-bond acceptors (Lipinski definition) is 2. The number of imidazole rings is 1. The summed E-state index contributed by atoms with van der Waals surface area (Å²) in [5.74, 6) is 0.397. The van der Waals surface area contributed by atoms with E-state index in [0.717, 1.165) is 22.3 Å². The van der Waals surface area contributed by atoms with Crippen molar-refractivity contribution in [3.8, 4) is 5.69 Å². The maximum Gasteiger partial charge on any atom is 0.205 e. The maximum absolute atomic E-state index is 6.25. The van der Waals surface area contributed by atoms with Crippen LogP contribution in [0.1, 0.15) is 5.56 Å². The number of aromatic nitrogens is 2. The van der Waals surface area contributed by atoms with Crippen molar-refractivity contribution in [3.63, 3.8) is 0 Å². The van der Waals surface area contributed by atoms with Crippen LogP contribution in [0, 0.1) is 6.92 Å². The highest BCUT2D eigenvalue weighted by atomic mass is 35.5. The Morgan fingerprint density at radius 3 is 2.74 bits per heavy atom. The fourth-order valence-corrected chi connectivity index (χ4v) is 2.58. The van der Waals surface area contributed by atoms with Crippen LogP contribution in [0.4, 0.5) is 5.95 Å². The van der Waals surface area contributed by atoms with E-state index in [0.29, 0.717) is 16.0 Å². The number of benzene rings is 2. The van der Waals surface area contributed by atoms with Crippen LogP contribution < -0.4 is 5.73 Å².